The van der Waals surface area contributed by atoms with Gasteiger partial charge in [0.2, 0.25) is 6.33 Å². The summed E-state index contributed by atoms with van der Waals surface area (Å²) in [4.78, 5) is 25.2. The Morgan fingerprint density at radius 2 is 2.23 bits per heavy atom. The third kappa shape index (κ3) is 4.02. The van der Waals surface area contributed by atoms with Crippen molar-refractivity contribution in [3.8, 4) is 0 Å². The summed E-state index contributed by atoms with van der Waals surface area (Å²) in [7, 11) is 0. The van der Waals surface area contributed by atoms with E-state index in [1.807, 2.05) is 24.3 Å². The quantitative estimate of drug-likeness (QED) is 0.354. The summed E-state index contributed by atoms with van der Waals surface area (Å²) in [5, 5.41) is 10.6. The SMILES string of the molecule is CCOC(=O)/C=C/c1ccccc1Cn1cnc([N+](=O)[O-])c1. The molecule has 0 N–H and O–H groups in total. The van der Waals surface area contributed by atoms with E-state index in [0.717, 1.165) is 11.1 Å². The van der Waals surface area contributed by atoms with Crippen LogP contribution in [-0.2, 0) is 16.1 Å². The predicted molar refractivity (Wildman–Crippen MR) is 80.1 cm³/mol. The Hall–Kier alpha value is -2.96. The van der Waals surface area contributed by atoms with Crippen LogP contribution in [0.5, 0.6) is 0 Å². The van der Waals surface area contributed by atoms with E-state index in [1.165, 1.54) is 18.6 Å². The number of aromatic nitrogens is 2. The second-order valence-electron chi connectivity index (χ2n) is 4.45. The van der Waals surface area contributed by atoms with Crippen LogP contribution in [0.15, 0.2) is 42.9 Å². The lowest BCUT2D eigenvalue weighted by atomic mass is 10.1. The largest absolute Gasteiger partial charge is 0.463 e. The molecule has 0 amide bonds. The van der Waals surface area contributed by atoms with Gasteiger partial charge in [-0.15, -0.1) is 0 Å². The summed E-state index contributed by atoms with van der Waals surface area (Å²) in [5.74, 6) is -0.602. The fourth-order valence-electron chi connectivity index (χ4n) is 1.91. The topological polar surface area (TPSA) is 87.3 Å². The van der Waals surface area contributed by atoms with Gasteiger partial charge >= 0.3 is 11.8 Å². The number of rotatable bonds is 6. The number of esters is 1. The number of carbonyl (C=O) groups is 1. The lowest BCUT2D eigenvalue weighted by Gasteiger charge is -2.05. The molecule has 114 valence electrons. The first-order valence-electron chi connectivity index (χ1n) is 6.69. The van der Waals surface area contributed by atoms with Crippen molar-refractivity contribution in [2.45, 2.75) is 13.5 Å². The van der Waals surface area contributed by atoms with E-state index in [2.05, 4.69) is 4.98 Å². The fraction of sp³-hybridized carbons (Fsp3) is 0.200. The third-order valence-corrected chi connectivity index (χ3v) is 2.90. The maximum Gasteiger partial charge on any atom is 0.381 e. The van der Waals surface area contributed by atoms with Gasteiger partial charge < -0.3 is 19.4 Å². The standard InChI is InChI=1S/C15H15N3O4/c1-2-22-15(19)8-7-12-5-3-4-6-13(12)9-17-10-14(16-11-17)18(20)21/h3-8,10-11H,2,9H2,1H3/b8-7+. The first kappa shape index (κ1) is 15.4. The molecule has 2 rings (SSSR count). The molecule has 2 aromatic rings. The smallest absolute Gasteiger partial charge is 0.381 e. The van der Waals surface area contributed by atoms with Crippen molar-refractivity contribution in [2.75, 3.05) is 6.61 Å². The second-order valence-corrected chi connectivity index (χ2v) is 4.45. The molecule has 1 heterocycles. The van der Waals surface area contributed by atoms with Gasteiger partial charge in [0.1, 0.15) is 6.20 Å². The van der Waals surface area contributed by atoms with Crippen molar-refractivity contribution in [3.05, 3.63) is 64.1 Å². The highest BCUT2D eigenvalue weighted by Crippen LogP contribution is 2.14. The second kappa shape index (κ2) is 7.16. The molecule has 0 bridgehead atoms. The van der Waals surface area contributed by atoms with E-state index >= 15 is 0 Å². The molecule has 0 aliphatic heterocycles. The van der Waals surface area contributed by atoms with Gasteiger partial charge in [-0.25, -0.2) is 4.79 Å². The van der Waals surface area contributed by atoms with E-state index in [-0.39, 0.29) is 5.82 Å². The molecule has 1 aromatic heterocycles. The molecule has 0 atom stereocenters. The van der Waals surface area contributed by atoms with Crippen molar-refractivity contribution in [1.82, 2.24) is 9.55 Å². The molecule has 0 aliphatic rings. The number of hydrogen-bond acceptors (Lipinski definition) is 5. The van der Waals surface area contributed by atoms with Gasteiger partial charge in [0, 0.05) is 6.08 Å². The van der Waals surface area contributed by atoms with Crippen LogP contribution in [0.4, 0.5) is 5.82 Å². The molecule has 1 aromatic carbocycles. The van der Waals surface area contributed by atoms with Crippen LogP contribution >= 0.6 is 0 Å². The average Bonchev–Trinajstić information content (AvgIpc) is 2.95. The summed E-state index contributed by atoms with van der Waals surface area (Å²) in [5.41, 5.74) is 1.75. The Morgan fingerprint density at radius 1 is 1.45 bits per heavy atom. The molecule has 0 fully saturated rings. The first-order chi connectivity index (χ1) is 10.6. The number of ether oxygens (including phenoxy) is 1. The Kier molecular flexibility index (Phi) is 5.02. The molecule has 0 saturated heterocycles. The maximum absolute atomic E-state index is 11.4. The Morgan fingerprint density at radius 3 is 2.91 bits per heavy atom. The zero-order chi connectivity index (χ0) is 15.9. The molecule has 0 saturated carbocycles. The number of nitrogens with zero attached hydrogens (tertiary/aromatic N) is 3. The van der Waals surface area contributed by atoms with Gasteiger partial charge in [0.25, 0.3) is 0 Å². The van der Waals surface area contributed by atoms with Crippen molar-refractivity contribution in [1.29, 1.82) is 0 Å². The zero-order valence-corrected chi connectivity index (χ0v) is 12.0. The van der Waals surface area contributed by atoms with Crippen LogP contribution in [0, 0.1) is 10.1 Å². The Labute approximate surface area is 127 Å². The summed E-state index contributed by atoms with van der Waals surface area (Å²) in [6.45, 7) is 2.49. The highest BCUT2D eigenvalue weighted by molar-refractivity contribution is 5.87. The number of imidazole rings is 1. The van der Waals surface area contributed by atoms with E-state index < -0.39 is 10.9 Å². The van der Waals surface area contributed by atoms with E-state index in [1.54, 1.807) is 17.6 Å². The van der Waals surface area contributed by atoms with Crippen molar-refractivity contribution >= 4 is 17.9 Å². The van der Waals surface area contributed by atoms with Gasteiger partial charge in [-0.2, -0.15) is 0 Å². The van der Waals surface area contributed by atoms with Gasteiger partial charge in [-0.1, -0.05) is 24.3 Å². The van der Waals surface area contributed by atoms with Crippen molar-refractivity contribution in [3.63, 3.8) is 0 Å². The monoisotopic (exact) mass is 301 g/mol. The van der Waals surface area contributed by atoms with E-state index in [9.17, 15) is 14.9 Å². The van der Waals surface area contributed by atoms with Crippen LogP contribution in [0.25, 0.3) is 6.08 Å². The number of hydrogen-bond donors (Lipinski definition) is 0. The van der Waals surface area contributed by atoms with E-state index in [4.69, 9.17) is 4.74 Å². The lowest BCUT2D eigenvalue weighted by molar-refractivity contribution is -0.389. The molecule has 0 radical (unpaired) electrons. The van der Waals surface area contributed by atoms with Gasteiger partial charge in [0.15, 0.2) is 0 Å². The van der Waals surface area contributed by atoms with Gasteiger partial charge in [0.05, 0.1) is 13.2 Å². The summed E-state index contributed by atoms with van der Waals surface area (Å²) in [6.07, 6.45) is 5.80. The third-order valence-electron chi connectivity index (χ3n) is 2.90. The summed E-state index contributed by atoms with van der Waals surface area (Å²) >= 11 is 0. The number of benzene rings is 1. The first-order valence-corrected chi connectivity index (χ1v) is 6.69. The summed E-state index contributed by atoms with van der Waals surface area (Å²) < 4.78 is 6.46. The van der Waals surface area contributed by atoms with Crippen LogP contribution in [0.1, 0.15) is 18.1 Å². The predicted octanol–water partition coefficient (Wildman–Crippen LogP) is 2.42. The molecule has 7 heteroatoms. The number of carbonyl (C=O) groups excluding carboxylic acids is 1. The van der Waals surface area contributed by atoms with Crippen LogP contribution in [-0.4, -0.2) is 27.1 Å². The Bertz CT molecular complexity index is 706. The minimum atomic E-state index is -0.539. The fourth-order valence-corrected chi connectivity index (χ4v) is 1.91. The highest BCUT2D eigenvalue weighted by Gasteiger charge is 2.10. The van der Waals surface area contributed by atoms with Crippen molar-refractivity contribution < 1.29 is 14.5 Å². The molecule has 0 aliphatic carbocycles. The molecule has 22 heavy (non-hydrogen) atoms. The molecule has 0 unspecified atom stereocenters. The Balaban J connectivity index is 2.17. The van der Waals surface area contributed by atoms with Crippen molar-refractivity contribution in [2.24, 2.45) is 0 Å². The summed E-state index contributed by atoms with van der Waals surface area (Å²) in [6, 6.07) is 7.46. The maximum atomic E-state index is 11.4. The molecular formula is C15H15N3O4. The van der Waals surface area contributed by atoms with Gasteiger partial charge in [-0.05, 0) is 34.0 Å². The normalized spacial score (nSPS) is 10.8. The van der Waals surface area contributed by atoms with Crippen LogP contribution < -0.4 is 0 Å². The van der Waals surface area contributed by atoms with Gasteiger partial charge in [-0.3, -0.25) is 0 Å². The zero-order valence-electron chi connectivity index (χ0n) is 12.0. The molecule has 0 spiro atoms. The minimum Gasteiger partial charge on any atom is -0.463 e. The number of nitro groups is 1. The molecule has 7 nitrogen and oxygen atoms in total. The molecular weight excluding hydrogens is 286 g/mol. The average molecular weight is 301 g/mol. The van der Waals surface area contributed by atoms with E-state index in [0.29, 0.717) is 13.2 Å². The lowest BCUT2D eigenvalue weighted by Crippen LogP contribution is -2.01. The van der Waals surface area contributed by atoms with Crippen LogP contribution in [0.2, 0.25) is 0 Å². The highest BCUT2D eigenvalue weighted by atomic mass is 16.6. The van der Waals surface area contributed by atoms with Crippen LogP contribution in [0.3, 0.4) is 0 Å². The minimum absolute atomic E-state index is 0.195.